The van der Waals surface area contributed by atoms with Crippen LogP contribution in [0, 0.1) is 5.82 Å². The molecule has 20 heavy (non-hydrogen) atoms. The van der Waals surface area contributed by atoms with Crippen molar-refractivity contribution in [1.29, 1.82) is 0 Å². The van der Waals surface area contributed by atoms with E-state index in [2.05, 4.69) is 30.1 Å². The molecule has 2 atom stereocenters. The summed E-state index contributed by atoms with van der Waals surface area (Å²) in [6, 6.07) is 6.77. The molecule has 0 aromatic heterocycles. The van der Waals surface area contributed by atoms with Crippen LogP contribution in [0.5, 0.6) is 0 Å². The molecule has 0 bridgehead atoms. The maximum absolute atomic E-state index is 14.4. The van der Waals surface area contributed by atoms with E-state index in [1.54, 1.807) is 6.07 Å². The molecule has 1 N–H and O–H groups in total. The molecule has 1 aliphatic heterocycles. The molecule has 1 heterocycles. The molecule has 2 aliphatic rings. The lowest BCUT2D eigenvalue weighted by Gasteiger charge is -2.39. The van der Waals surface area contributed by atoms with Gasteiger partial charge in [-0.05, 0) is 37.5 Å². The summed E-state index contributed by atoms with van der Waals surface area (Å²) in [5.74, 6) is 1.00. The molecule has 2 nitrogen and oxygen atoms in total. The highest BCUT2D eigenvalue weighted by molar-refractivity contribution is 8.00. The topological polar surface area (TPSA) is 15.3 Å². The Morgan fingerprint density at radius 1 is 1.35 bits per heavy atom. The summed E-state index contributed by atoms with van der Waals surface area (Å²) in [5.41, 5.74) is 1.81. The number of halogens is 1. The molecule has 1 saturated heterocycles. The number of thioether (sulfide) groups is 1. The molecule has 2 fully saturated rings. The highest BCUT2D eigenvalue weighted by Crippen LogP contribution is 2.31. The average molecular weight is 294 g/mol. The van der Waals surface area contributed by atoms with Gasteiger partial charge in [0.15, 0.2) is 0 Å². The van der Waals surface area contributed by atoms with Crippen LogP contribution in [0.15, 0.2) is 18.2 Å². The Morgan fingerprint density at radius 3 is 2.85 bits per heavy atom. The van der Waals surface area contributed by atoms with E-state index >= 15 is 0 Å². The average Bonchev–Trinajstić information content (AvgIpc) is 3.24. The standard InChI is InChI=1S/C16H23FN2S/c1-11-12(2)20-8-7-19(11)16-6-3-13(9-15(16)17)10-18-14-4-5-14/h3,6,9,11-12,14,18H,4-5,7-8,10H2,1-2H3. The van der Waals surface area contributed by atoms with Crippen molar-refractivity contribution in [2.24, 2.45) is 0 Å². The maximum atomic E-state index is 14.4. The number of anilines is 1. The first-order valence-corrected chi connectivity index (χ1v) is 8.60. The maximum Gasteiger partial charge on any atom is 0.146 e. The van der Waals surface area contributed by atoms with Gasteiger partial charge in [0.25, 0.3) is 0 Å². The van der Waals surface area contributed by atoms with E-state index in [-0.39, 0.29) is 5.82 Å². The van der Waals surface area contributed by atoms with Gasteiger partial charge >= 0.3 is 0 Å². The number of rotatable bonds is 4. The molecule has 3 rings (SSSR count). The van der Waals surface area contributed by atoms with Gasteiger partial charge in [-0.25, -0.2) is 4.39 Å². The summed E-state index contributed by atoms with van der Waals surface area (Å²) >= 11 is 1.98. The first-order chi connectivity index (χ1) is 9.65. The minimum absolute atomic E-state index is 0.0777. The summed E-state index contributed by atoms with van der Waals surface area (Å²) in [6.45, 7) is 6.14. The third-order valence-corrected chi connectivity index (χ3v) is 5.72. The molecule has 2 unspecified atom stereocenters. The summed E-state index contributed by atoms with van der Waals surface area (Å²) < 4.78 is 14.4. The van der Waals surface area contributed by atoms with E-state index < -0.39 is 0 Å². The van der Waals surface area contributed by atoms with Gasteiger partial charge in [-0.3, -0.25) is 0 Å². The smallest absolute Gasteiger partial charge is 0.146 e. The van der Waals surface area contributed by atoms with Gasteiger partial charge in [-0.2, -0.15) is 11.8 Å². The van der Waals surface area contributed by atoms with Crippen molar-refractivity contribution < 1.29 is 4.39 Å². The van der Waals surface area contributed by atoms with Crippen molar-refractivity contribution in [3.63, 3.8) is 0 Å². The summed E-state index contributed by atoms with van der Waals surface area (Å²) in [6.07, 6.45) is 2.53. The highest BCUT2D eigenvalue weighted by atomic mass is 32.2. The SMILES string of the molecule is CC1SCCN(c2ccc(CNC3CC3)cc2F)C1C. The van der Waals surface area contributed by atoms with Gasteiger partial charge in [0.1, 0.15) is 5.82 Å². The van der Waals surface area contributed by atoms with Crippen LogP contribution in [0.3, 0.4) is 0 Å². The van der Waals surface area contributed by atoms with Crippen LogP contribution in [0.1, 0.15) is 32.3 Å². The van der Waals surface area contributed by atoms with Gasteiger partial charge in [0, 0.05) is 36.2 Å². The monoisotopic (exact) mass is 294 g/mol. The molecule has 1 aromatic carbocycles. The van der Waals surface area contributed by atoms with Crippen molar-refractivity contribution in [3.05, 3.63) is 29.6 Å². The quantitative estimate of drug-likeness (QED) is 0.916. The van der Waals surface area contributed by atoms with Gasteiger partial charge in [0.2, 0.25) is 0 Å². The lowest BCUT2D eigenvalue weighted by molar-refractivity contribution is 0.579. The van der Waals surface area contributed by atoms with Crippen molar-refractivity contribution in [1.82, 2.24) is 5.32 Å². The predicted octanol–water partition coefficient (Wildman–Crippen LogP) is 3.41. The van der Waals surface area contributed by atoms with E-state index in [4.69, 9.17) is 0 Å². The van der Waals surface area contributed by atoms with E-state index in [0.717, 1.165) is 30.1 Å². The summed E-state index contributed by atoms with van der Waals surface area (Å²) in [5, 5.41) is 3.99. The van der Waals surface area contributed by atoms with Crippen LogP contribution < -0.4 is 10.2 Å². The van der Waals surface area contributed by atoms with E-state index in [1.807, 2.05) is 17.8 Å². The minimum atomic E-state index is -0.0777. The molecular weight excluding hydrogens is 271 g/mol. The highest BCUT2D eigenvalue weighted by Gasteiger charge is 2.27. The second-order valence-corrected chi connectivity index (χ2v) is 7.44. The van der Waals surface area contributed by atoms with Crippen molar-refractivity contribution in [3.8, 4) is 0 Å². The second kappa shape index (κ2) is 5.94. The predicted molar refractivity (Wildman–Crippen MR) is 85.0 cm³/mol. The molecule has 0 amide bonds. The Hall–Kier alpha value is -0.740. The second-order valence-electron chi connectivity index (χ2n) is 5.95. The van der Waals surface area contributed by atoms with E-state index in [1.165, 1.54) is 12.8 Å². The molecule has 1 saturated carbocycles. The molecule has 110 valence electrons. The molecule has 0 radical (unpaired) electrons. The first-order valence-electron chi connectivity index (χ1n) is 7.55. The van der Waals surface area contributed by atoms with Gasteiger partial charge in [-0.15, -0.1) is 0 Å². The van der Waals surface area contributed by atoms with E-state index in [9.17, 15) is 4.39 Å². The van der Waals surface area contributed by atoms with Crippen LogP contribution >= 0.6 is 11.8 Å². The number of hydrogen-bond acceptors (Lipinski definition) is 3. The number of benzene rings is 1. The zero-order valence-corrected chi connectivity index (χ0v) is 13.0. The van der Waals surface area contributed by atoms with Gasteiger partial charge in [-0.1, -0.05) is 13.0 Å². The van der Waals surface area contributed by atoms with Crippen molar-refractivity contribution in [2.75, 3.05) is 17.2 Å². The lowest BCUT2D eigenvalue weighted by Crippen LogP contribution is -2.45. The Bertz CT molecular complexity index is 476. The van der Waals surface area contributed by atoms with Crippen LogP contribution in [0.2, 0.25) is 0 Å². The fraction of sp³-hybridized carbons (Fsp3) is 0.625. The molecule has 4 heteroatoms. The number of nitrogens with one attached hydrogen (secondary N) is 1. The fourth-order valence-corrected chi connectivity index (χ4v) is 3.82. The summed E-state index contributed by atoms with van der Waals surface area (Å²) in [4.78, 5) is 2.22. The van der Waals surface area contributed by atoms with Crippen LogP contribution in [-0.2, 0) is 6.54 Å². The zero-order chi connectivity index (χ0) is 14.1. The van der Waals surface area contributed by atoms with Gasteiger partial charge in [0.05, 0.1) is 5.69 Å². The fourth-order valence-electron chi connectivity index (χ4n) is 2.72. The first kappa shape index (κ1) is 14.2. The Kier molecular flexibility index (Phi) is 4.22. The third-order valence-electron chi connectivity index (χ3n) is 4.38. The third kappa shape index (κ3) is 3.12. The van der Waals surface area contributed by atoms with E-state index in [0.29, 0.717) is 17.3 Å². The van der Waals surface area contributed by atoms with Gasteiger partial charge < -0.3 is 10.2 Å². The van der Waals surface area contributed by atoms with Crippen LogP contribution in [0.4, 0.5) is 10.1 Å². The normalized spacial score (nSPS) is 26.9. The zero-order valence-electron chi connectivity index (χ0n) is 12.2. The molecule has 0 spiro atoms. The number of hydrogen-bond donors (Lipinski definition) is 1. The molecular formula is C16H23FN2S. The number of nitrogens with zero attached hydrogens (tertiary/aromatic N) is 1. The van der Waals surface area contributed by atoms with Crippen molar-refractivity contribution in [2.45, 2.75) is 50.6 Å². The Labute approximate surface area is 125 Å². The minimum Gasteiger partial charge on any atom is -0.365 e. The summed E-state index contributed by atoms with van der Waals surface area (Å²) in [7, 11) is 0. The molecule has 1 aromatic rings. The van der Waals surface area contributed by atoms with Crippen molar-refractivity contribution >= 4 is 17.4 Å². The largest absolute Gasteiger partial charge is 0.365 e. The lowest BCUT2D eigenvalue weighted by atomic mass is 10.1. The molecule has 1 aliphatic carbocycles. The van der Waals surface area contributed by atoms with Crippen LogP contribution in [0.25, 0.3) is 0 Å². The Balaban J connectivity index is 1.72. The Morgan fingerprint density at radius 2 is 2.15 bits per heavy atom. The van der Waals surface area contributed by atoms with Crippen LogP contribution in [-0.4, -0.2) is 29.6 Å².